The zero-order valence-corrected chi connectivity index (χ0v) is 18.1. The van der Waals surface area contributed by atoms with Gasteiger partial charge in [-0.2, -0.15) is 0 Å². The molecule has 3 aromatic carbocycles. The Bertz CT molecular complexity index is 1130. The standard InChI is InChI=1S/C28H28N2O/c1-18(2)19-12-14-21(15-13-19)28-27-25(29-23-10-6-7-11-24(23)30-28)16-22(17-26(27)31)20-8-4-3-5-9-20/h3-15,18,22,28-30H,16-17H2,1-2H3/t22-,28-/m1/s1. The first-order valence-electron chi connectivity index (χ1n) is 11.1. The van der Waals surface area contributed by atoms with Crippen LogP contribution < -0.4 is 10.6 Å². The number of para-hydroxylation sites is 2. The fourth-order valence-electron chi connectivity index (χ4n) is 4.78. The van der Waals surface area contributed by atoms with Crippen molar-refractivity contribution in [3.63, 3.8) is 0 Å². The molecule has 156 valence electrons. The Balaban J connectivity index is 1.59. The Morgan fingerprint density at radius 3 is 2.16 bits per heavy atom. The summed E-state index contributed by atoms with van der Waals surface area (Å²) >= 11 is 0. The number of anilines is 2. The summed E-state index contributed by atoms with van der Waals surface area (Å²) in [7, 11) is 0. The van der Waals surface area contributed by atoms with E-state index in [4.69, 9.17) is 0 Å². The normalized spacial score (nSPS) is 20.4. The van der Waals surface area contributed by atoms with Crippen molar-refractivity contribution < 1.29 is 4.79 Å². The van der Waals surface area contributed by atoms with Crippen LogP contribution in [0.2, 0.25) is 0 Å². The second kappa shape index (κ2) is 8.07. The van der Waals surface area contributed by atoms with Gasteiger partial charge in [0.25, 0.3) is 0 Å². The molecule has 0 radical (unpaired) electrons. The maximum absolute atomic E-state index is 13.5. The summed E-state index contributed by atoms with van der Waals surface area (Å²) in [4.78, 5) is 13.5. The molecule has 0 unspecified atom stereocenters. The number of hydrogen-bond acceptors (Lipinski definition) is 3. The molecule has 5 rings (SSSR count). The quantitative estimate of drug-likeness (QED) is 0.501. The van der Waals surface area contributed by atoms with Crippen LogP contribution in [0.1, 0.15) is 61.3 Å². The number of allylic oxidation sites excluding steroid dienone is 1. The van der Waals surface area contributed by atoms with Gasteiger partial charge in [0.1, 0.15) is 0 Å². The summed E-state index contributed by atoms with van der Waals surface area (Å²) in [5.74, 6) is 0.909. The van der Waals surface area contributed by atoms with Gasteiger partial charge in [-0.15, -0.1) is 0 Å². The van der Waals surface area contributed by atoms with Crippen LogP contribution in [0.25, 0.3) is 0 Å². The fourth-order valence-corrected chi connectivity index (χ4v) is 4.78. The van der Waals surface area contributed by atoms with E-state index in [1.54, 1.807) is 0 Å². The summed E-state index contributed by atoms with van der Waals surface area (Å²) in [5.41, 5.74) is 7.64. The number of nitrogens with one attached hydrogen (secondary N) is 2. The van der Waals surface area contributed by atoms with Crippen LogP contribution in [-0.2, 0) is 4.79 Å². The number of Topliss-reactive ketones (excluding diaryl/α,β-unsaturated/α-hetero) is 1. The molecule has 0 fully saturated rings. The second-order valence-electron chi connectivity index (χ2n) is 8.90. The third kappa shape index (κ3) is 3.76. The first kappa shape index (κ1) is 19.6. The molecule has 1 heterocycles. The minimum absolute atomic E-state index is 0.156. The molecule has 2 atom stereocenters. The lowest BCUT2D eigenvalue weighted by Crippen LogP contribution is -2.26. The number of benzene rings is 3. The Labute approximate surface area is 184 Å². The molecule has 1 aliphatic heterocycles. The molecule has 3 aromatic rings. The van der Waals surface area contributed by atoms with Gasteiger partial charge in [-0.05, 0) is 47.1 Å². The summed E-state index contributed by atoms with van der Waals surface area (Å²) in [6, 6.07) is 27.2. The molecule has 0 saturated heterocycles. The maximum atomic E-state index is 13.5. The second-order valence-corrected chi connectivity index (χ2v) is 8.90. The molecule has 1 aliphatic carbocycles. The van der Waals surface area contributed by atoms with Crippen LogP contribution in [0.15, 0.2) is 90.1 Å². The van der Waals surface area contributed by atoms with Crippen molar-refractivity contribution >= 4 is 17.2 Å². The smallest absolute Gasteiger partial charge is 0.163 e. The van der Waals surface area contributed by atoms with Crippen molar-refractivity contribution in [2.45, 2.75) is 44.6 Å². The highest BCUT2D eigenvalue weighted by Crippen LogP contribution is 2.44. The highest BCUT2D eigenvalue weighted by molar-refractivity contribution is 6.01. The van der Waals surface area contributed by atoms with Crippen molar-refractivity contribution in [3.8, 4) is 0 Å². The van der Waals surface area contributed by atoms with Crippen LogP contribution in [0.3, 0.4) is 0 Å². The van der Waals surface area contributed by atoms with E-state index in [1.807, 2.05) is 18.2 Å². The summed E-state index contributed by atoms with van der Waals surface area (Å²) in [6.07, 6.45) is 1.38. The molecule has 0 saturated carbocycles. The van der Waals surface area contributed by atoms with Gasteiger partial charge in [-0.3, -0.25) is 4.79 Å². The van der Waals surface area contributed by atoms with E-state index in [0.29, 0.717) is 12.3 Å². The number of carbonyl (C=O) groups excluding carboxylic acids is 1. The Morgan fingerprint density at radius 2 is 1.45 bits per heavy atom. The van der Waals surface area contributed by atoms with Gasteiger partial charge >= 0.3 is 0 Å². The van der Waals surface area contributed by atoms with Crippen LogP contribution >= 0.6 is 0 Å². The van der Waals surface area contributed by atoms with Crippen molar-refractivity contribution in [3.05, 3.63) is 107 Å². The number of hydrogen-bond donors (Lipinski definition) is 2. The van der Waals surface area contributed by atoms with E-state index in [-0.39, 0.29) is 17.7 Å². The summed E-state index contributed by atoms with van der Waals surface area (Å²) in [5, 5.41) is 7.28. The molecular weight excluding hydrogens is 380 g/mol. The van der Waals surface area contributed by atoms with Crippen molar-refractivity contribution in [2.24, 2.45) is 0 Å². The van der Waals surface area contributed by atoms with E-state index in [1.165, 1.54) is 11.1 Å². The van der Waals surface area contributed by atoms with Gasteiger partial charge in [-0.25, -0.2) is 0 Å². The van der Waals surface area contributed by atoms with E-state index in [2.05, 4.69) is 85.1 Å². The van der Waals surface area contributed by atoms with Gasteiger partial charge < -0.3 is 10.6 Å². The summed E-state index contributed by atoms with van der Waals surface area (Å²) < 4.78 is 0. The third-order valence-electron chi connectivity index (χ3n) is 6.52. The predicted octanol–water partition coefficient (Wildman–Crippen LogP) is 6.79. The molecule has 0 amide bonds. The van der Waals surface area contributed by atoms with Gasteiger partial charge in [0, 0.05) is 17.7 Å². The van der Waals surface area contributed by atoms with Gasteiger partial charge in [0.15, 0.2) is 5.78 Å². The van der Waals surface area contributed by atoms with Crippen molar-refractivity contribution in [1.82, 2.24) is 0 Å². The molecular formula is C28H28N2O. The molecule has 0 aromatic heterocycles. The Kier molecular flexibility index (Phi) is 5.11. The van der Waals surface area contributed by atoms with E-state index in [0.717, 1.165) is 34.6 Å². The average Bonchev–Trinajstić information content (AvgIpc) is 2.96. The zero-order valence-electron chi connectivity index (χ0n) is 18.1. The number of carbonyl (C=O) groups is 1. The average molecular weight is 409 g/mol. The van der Waals surface area contributed by atoms with Crippen LogP contribution in [0, 0.1) is 0 Å². The van der Waals surface area contributed by atoms with Crippen molar-refractivity contribution in [1.29, 1.82) is 0 Å². The fraction of sp³-hybridized carbons (Fsp3) is 0.250. The predicted molar refractivity (Wildman–Crippen MR) is 127 cm³/mol. The zero-order chi connectivity index (χ0) is 21.4. The highest BCUT2D eigenvalue weighted by Gasteiger charge is 2.35. The first-order chi connectivity index (χ1) is 15.1. The maximum Gasteiger partial charge on any atom is 0.163 e. The summed E-state index contributed by atoms with van der Waals surface area (Å²) in [6.45, 7) is 4.40. The lowest BCUT2D eigenvalue weighted by atomic mass is 9.78. The molecule has 0 spiro atoms. The molecule has 3 nitrogen and oxygen atoms in total. The molecule has 3 heteroatoms. The van der Waals surface area contributed by atoms with Gasteiger partial charge in [0.2, 0.25) is 0 Å². The lowest BCUT2D eigenvalue weighted by Gasteiger charge is -2.30. The monoisotopic (exact) mass is 408 g/mol. The molecule has 2 N–H and O–H groups in total. The molecule has 31 heavy (non-hydrogen) atoms. The highest BCUT2D eigenvalue weighted by atomic mass is 16.1. The SMILES string of the molecule is CC(C)c1ccc([C@H]2Nc3ccccc3NC3=C2C(=O)C[C@H](c2ccccc2)C3)cc1. The third-order valence-corrected chi connectivity index (χ3v) is 6.52. The lowest BCUT2D eigenvalue weighted by molar-refractivity contribution is -0.116. The number of rotatable bonds is 3. The van der Waals surface area contributed by atoms with Crippen LogP contribution in [-0.4, -0.2) is 5.78 Å². The number of fused-ring (bicyclic) bond motifs is 1. The van der Waals surface area contributed by atoms with E-state index in [9.17, 15) is 4.79 Å². The largest absolute Gasteiger partial charge is 0.372 e. The number of ketones is 1. The molecule has 2 aliphatic rings. The van der Waals surface area contributed by atoms with Crippen molar-refractivity contribution in [2.75, 3.05) is 10.6 Å². The topological polar surface area (TPSA) is 41.1 Å². The Morgan fingerprint density at radius 1 is 0.774 bits per heavy atom. The minimum atomic E-state index is -0.156. The van der Waals surface area contributed by atoms with Crippen LogP contribution in [0.5, 0.6) is 0 Å². The van der Waals surface area contributed by atoms with Gasteiger partial charge in [0.05, 0.1) is 17.4 Å². The van der Waals surface area contributed by atoms with Gasteiger partial charge in [-0.1, -0.05) is 80.6 Å². The first-order valence-corrected chi connectivity index (χ1v) is 11.1. The Hall–Kier alpha value is -3.33. The van der Waals surface area contributed by atoms with E-state index >= 15 is 0 Å². The molecule has 0 bridgehead atoms. The minimum Gasteiger partial charge on any atom is -0.372 e. The van der Waals surface area contributed by atoms with E-state index < -0.39 is 0 Å². The van der Waals surface area contributed by atoms with Crippen LogP contribution in [0.4, 0.5) is 11.4 Å².